The maximum Gasteiger partial charge on any atom is 0.185 e. The first-order valence-electron chi connectivity index (χ1n) is 9.54. The molecule has 3 nitrogen and oxygen atoms in total. The minimum absolute atomic E-state index is 0.779. The van der Waals surface area contributed by atoms with Gasteiger partial charge in [0.15, 0.2) is 10.8 Å². The van der Waals surface area contributed by atoms with Crippen molar-refractivity contribution in [3.05, 3.63) is 77.5 Å². The van der Waals surface area contributed by atoms with Gasteiger partial charge in [0, 0.05) is 17.8 Å². The number of nitrogens with one attached hydrogen (secondary N) is 1. The lowest BCUT2D eigenvalue weighted by Crippen LogP contribution is -2.07. The second-order valence-electron chi connectivity index (χ2n) is 7.00. The summed E-state index contributed by atoms with van der Waals surface area (Å²) in [6, 6.07) is 21.2. The van der Waals surface area contributed by atoms with Crippen molar-refractivity contribution in [3.63, 3.8) is 0 Å². The fraction of sp³-hybridized carbons (Fsp3) is 0.217. The van der Waals surface area contributed by atoms with E-state index in [1.807, 2.05) is 6.07 Å². The molecule has 0 saturated carbocycles. The summed E-state index contributed by atoms with van der Waals surface area (Å²) >= 11 is 1.73. The van der Waals surface area contributed by atoms with Crippen molar-refractivity contribution in [2.75, 3.05) is 5.32 Å². The topological polar surface area (TPSA) is 37.8 Å². The van der Waals surface area contributed by atoms with Gasteiger partial charge >= 0.3 is 0 Å². The van der Waals surface area contributed by atoms with Crippen LogP contribution >= 0.6 is 11.3 Å². The summed E-state index contributed by atoms with van der Waals surface area (Å²) in [5.74, 6) is 0. The van der Waals surface area contributed by atoms with Gasteiger partial charge in [0.25, 0.3) is 0 Å². The van der Waals surface area contributed by atoms with Crippen LogP contribution in [0.2, 0.25) is 0 Å². The molecule has 4 aromatic rings. The third-order valence-electron chi connectivity index (χ3n) is 5.17. The highest BCUT2D eigenvalue weighted by atomic mass is 32.1. The van der Waals surface area contributed by atoms with E-state index in [1.165, 1.54) is 45.5 Å². The zero-order chi connectivity index (χ0) is 18.1. The van der Waals surface area contributed by atoms with E-state index in [9.17, 15) is 0 Å². The van der Waals surface area contributed by atoms with E-state index in [1.54, 1.807) is 11.3 Å². The number of aryl methyl sites for hydroxylation is 1. The first-order chi connectivity index (χ1) is 13.4. The molecule has 27 heavy (non-hydrogen) atoms. The first-order valence-corrected chi connectivity index (χ1v) is 10.4. The summed E-state index contributed by atoms with van der Waals surface area (Å²) in [5, 5.41) is 4.43. The molecule has 4 heteroatoms. The number of hydrogen-bond donors (Lipinski definition) is 1. The lowest BCUT2D eigenvalue weighted by atomic mass is 9.89. The van der Waals surface area contributed by atoms with Gasteiger partial charge in [-0.1, -0.05) is 72.0 Å². The fourth-order valence-electron chi connectivity index (χ4n) is 3.86. The molecule has 134 valence electrons. The smallest absolute Gasteiger partial charge is 0.185 e. The van der Waals surface area contributed by atoms with Crippen LogP contribution in [0.5, 0.6) is 0 Å². The number of hydrogen-bond acceptors (Lipinski definition) is 4. The number of pyridine rings is 1. The van der Waals surface area contributed by atoms with Crippen LogP contribution in [-0.4, -0.2) is 9.97 Å². The second kappa shape index (κ2) is 7.12. The molecule has 0 radical (unpaired) electrons. The lowest BCUT2D eigenvalue weighted by molar-refractivity contribution is 0.672. The minimum atomic E-state index is 0.779. The van der Waals surface area contributed by atoms with Crippen LogP contribution in [0.15, 0.2) is 60.7 Å². The van der Waals surface area contributed by atoms with E-state index >= 15 is 0 Å². The van der Waals surface area contributed by atoms with E-state index < -0.39 is 0 Å². The largest absolute Gasteiger partial charge is 0.357 e. The van der Waals surface area contributed by atoms with Gasteiger partial charge in [-0.2, -0.15) is 0 Å². The van der Waals surface area contributed by atoms with Gasteiger partial charge in [-0.15, -0.1) is 0 Å². The van der Waals surface area contributed by atoms with Crippen molar-refractivity contribution in [2.24, 2.45) is 0 Å². The maximum atomic E-state index is 4.94. The average molecular weight is 372 g/mol. The van der Waals surface area contributed by atoms with Crippen molar-refractivity contribution in [2.45, 2.75) is 32.2 Å². The Morgan fingerprint density at radius 2 is 1.59 bits per heavy atom. The molecular formula is C23H21N3S. The Morgan fingerprint density at radius 3 is 2.41 bits per heavy atom. The van der Waals surface area contributed by atoms with Crippen LogP contribution in [0.3, 0.4) is 0 Å². The van der Waals surface area contributed by atoms with E-state index in [0.717, 1.165) is 30.2 Å². The highest BCUT2D eigenvalue weighted by Crippen LogP contribution is 2.40. The molecule has 2 aromatic carbocycles. The Kier molecular flexibility index (Phi) is 4.34. The summed E-state index contributed by atoms with van der Waals surface area (Å²) in [7, 11) is 0. The van der Waals surface area contributed by atoms with Gasteiger partial charge in [-0.3, -0.25) is 0 Å². The Hall–Kier alpha value is -2.72. The predicted molar refractivity (Wildman–Crippen MR) is 113 cm³/mol. The van der Waals surface area contributed by atoms with Crippen molar-refractivity contribution >= 4 is 26.8 Å². The molecule has 1 aliphatic carbocycles. The summed E-state index contributed by atoms with van der Waals surface area (Å²) in [6.07, 6.45) is 4.66. The van der Waals surface area contributed by atoms with Gasteiger partial charge < -0.3 is 5.32 Å². The monoisotopic (exact) mass is 371 g/mol. The fourth-order valence-corrected chi connectivity index (χ4v) is 4.85. The van der Waals surface area contributed by atoms with Crippen LogP contribution < -0.4 is 5.32 Å². The Bertz CT molecular complexity index is 1070. The van der Waals surface area contributed by atoms with E-state index in [-0.39, 0.29) is 0 Å². The van der Waals surface area contributed by atoms with Gasteiger partial charge in [-0.25, -0.2) is 9.97 Å². The zero-order valence-corrected chi connectivity index (χ0v) is 15.9. The van der Waals surface area contributed by atoms with Crippen LogP contribution in [0.4, 0.5) is 5.13 Å². The summed E-state index contributed by atoms with van der Waals surface area (Å²) in [6.45, 7) is 0.779. The number of anilines is 1. The maximum absolute atomic E-state index is 4.94. The van der Waals surface area contributed by atoms with Crippen molar-refractivity contribution in [1.29, 1.82) is 0 Å². The zero-order valence-electron chi connectivity index (χ0n) is 15.1. The highest BCUT2D eigenvalue weighted by Gasteiger charge is 2.21. The van der Waals surface area contributed by atoms with Crippen LogP contribution in [0.1, 0.15) is 29.7 Å². The highest BCUT2D eigenvalue weighted by molar-refractivity contribution is 7.22. The van der Waals surface area contributed by atoms with Crippen molar-refractivity contribution in [1.82, 2.24) is 9.97 Å². The molecular weight excluding hydrogens is 350 g/mol. The van der Waals surface area contributed by atoms with Gasteiger partial charge in [0.2, 0.25) is 0 Å². The van der Waals surface area contributed by atoms with E-state index in [4.69, 9.17) is 9.97 Å². The number of thiazole rings is 1. The third-order valence-corrected chi connectivity index (χ3v) is 6.19. The standard InChI is InChI=1S/C23H21N3S/c1-3-9-16(10-4-1)15-24-23-26-22-21(27-23)20(17-11-5-2-6-12-17)18-13-7-8-14-19(18)25-22/h1-6,9-12H,7-8,13-15H2,(H,24,25,26). The molecule has 1 aliphatic rings. The van der Waals surface area contributed by atoms with Gasteiger partial charge in [-0.05, 0) is 42.4 Å². The SMILES string of the molecule is c1ccc(CNc2nc3nc4c(c(-c5ccccc5)c3s2)CCCC4)cc1. The van der Waals surface area contributed by atoms with E-state index in [2.05, 4.69) is 59.9 Å². The predicted octanol–water partition coefficient (Wildman–Crippen LogP) is 5.85. The van der Waals surface area contributed by atoms with Crippen LogP contribution in [-0.2, 0) is 19.4 Å². The molecule has 2 aromatic heterocycles. The minimum Gasteiger partial charge on any atom is -0.357 e. The molecule has 0 bridgehead atoms. The van der Waals surface area contributed by atoms with Crippen molar-refractivity contribution in [3.8, 4) is 11.1 Å². The van der Waals surface area contributed by atoms with Gasteiger partial charge in [0.1, 0.15) is 0 Å². The van der Waals surface area contributed by atoms with E-state index in [0.29, 0.717) is 0 Å². The van der Waals surface area contributed by atoms with Gasteiger partial charge in [0.05, 0.1) is 4.70 Å². The Morgan fingerprint density at radius 1 is 0.852 bits per heavy atom. The number of rotatable bonds is 4. The second-order valence-corrected chi connectivity index (χ2v) is 8.00. The Labute approximate surface area is 163 Å². The average Bonchev–Trinajstić information content (AvgIpc) is 3.14. The molecule has 0 amide bonds. The molecule has 0 aliphatic heterocycles. The normalized spacial score (nSPS) is 13.5. The molecule has 0 fully saturated rings. The summed E-state index contributed by atoms with van der Waals surface area (Å²) in [5.41, 5.74) is 7.44. The molecule has 5 rings (SSSR count). The molecule has 0 spiro atoms. The number of benzene rings is 2. The summed E-state index contributed by atoms with van der Waals surface area (Å²) in [4.78, 5) is 9.76. The first kappa shape index (κ1) is 16.5. The third kappa shape index (κ3) is 3.21. The number of fused-ring (bicyclic) bond motifs is 2. The Balaban J connectivity index is 1.59. The molecule has 1 N–H and O–H groups in total. The van der Waals surface area contributed by atoms with Crippen molar-refractivity contribution < 1.29 is 0 Å². The number of aromatic nitrogens is 2. The summed E-state index contributed by atoms with van der Waals surface area (Å²) < 4.78 is 1.21. The molecule has 2 heterocycles. The lowest BCUT2D eigenvalue weighted by Gasteiger charge is -2.19. The molecule has 0 saturated heterocycles. The van der Waals surface area contributed by atoms with Crippen LogP contribution in [0, 0.1) is 0 Å². The quantitative estimate of drug-likeness (QED) is 0.489. The molecule has 0 atom stereocenters. The number of nitrogens with zero attached hydrogens (tertiary/aromatic N) is 2. The van der Waals surface area contributed by atoms with Crippen LogP contribution in [0.25, 0.3) is 21.5 Å². The molecule has 0 unspecified atom stereocenters.